The quantitative estimate of drug-likeness (QED) is 0.617. The first-order valence-corrected chi connectivity index (χ1v) is 9.02. The lowest BCUT2D eigenvalue weighted by Gasteiger charge is -2.05. The minimum absolute atomic E-state index is 0.132. The van der Waals surface area contributed by atoms with Gasteiger partial charge in [-0.05, 0) is 52.3 Å². The van der Waals surface area contributed by atoms with Crippen molar-refractivity contribution in [1.82, 2.24) is 14.8 Å². The zero-order chi connectivity index (χ0) is 17.1. The van der Waals surface area contributed by atoms with E-state index in [0.29, 0.717) is 32.1 Å². The zero-order valence-electron chi connectivity index (χ0n) is 12.5. The molecule has 24 heavy (non-hydrogen) atoms. The minimum Gasteiger partial charge on any atom is -0.446 e. The third-order valence-electron chi connectivity index (χ3n) is 3.09. The Balaban J connectivity index is 1.61. The van der Waals surface area contributed by atoms with Crippen LogP contribution in [0.25, 0.3) is 11.6 Å². The van der Waals surface area contributed by atoms with Gasteiger partial charge >= 0.3 is 0 Å². The van der Waals surface area contributed by atoms with Crippen LogP contribution in [0.15, 0.2) is 50.6 Å². The van der Waals surface area contributed by atoms with Gasteiger partial charge in [0.05, 0.1) is 5.75 Å². The Kier molecular flexibility index (Phi) is 5.27. The molecule has 0 aliphatic carbocycles. The summed E-state index contributed by atoms with van der Waals surface area (Å²) in [5.74, 6) is 1.29. The third-order valence-corrected chi connectivity index (χ3v) is 4.79. The molecule has 2 aromatic heterocycles. The molecule has 1 aromatic carbocycles. The molecule has 0 saturated carbocycles. The van der Waals surface area contributed by atoms with Crippen molar-refractivity contribution in [2.45, 2.75) is 5.16 Å². The molecule has 0 atom stereocenters. The number of furan rings is 1. The molecule has 1 N–H and O–H groups in total. The van der Waals surface area contributed by atoms with E-state index in [0.717, 1.165) is 0 Å². The molecular weight excluding hydrogens is 416 g/mol. The van der Waals surface area contributed by atoms with Crippen molar-refractivity contribution in [3.8, 4) is 11.6 Å². The van der Waals surface area contributed by atoms with Crippen LogP contribution in [0.3, 0.4) is 0 Å². The van der Waals surface area contributed by atoms with Gasteiger partial charge in [0, 0.05) is 17.8 Å². The van der Waals surface area contributed by atoms with E-state index < -0.39 is 0 Å². The van der Waals surface area contributed by atoms with Gasteiger partial charge in [-0.15, -0.1) is 10.2 Å². The second-order valence-electron chi connectivity index (χ2n) is 4.81. The lowest BCUT2D eigenvalue weighted by Crippen LogP contribution is -2.14. The van der Waals surface area contributed by atoms with Crippen molar-refractivity contribution in [1.29, 1.82) is 0 Å². The summed E-state index contributed by atoms with van der Waals surface area (Å²) in [6, 6.07) is 10.5. The highest BCUT2D eigenvalue weighted by Crippen LogP contribution is 2.26. The third kappa shape index (κ3) is 4.00. The fraction of sp³-hybridized carbons (Fsp3) is 0.133. The van der Waals surface area contributed by atoms with E-state index in [1.165, 1.54) is 11.8 Å². The van der Waals surface area contributed by atoms with Crippen LogP contribution in [0.2, 0.25) is 5.02 Å². The maximum atomic E-state index is 12.0. The van der Waals surface area contributed by atoms with Crippen LogP contribution in [0.4, 0.5) is 5.69 Å². The smallest absolute Gasteiger partial charge is 0.234 e. The number of amides is 1. The Morgan fingerprint density at radius 3 is 2.71 bits per heavy atom. The number of aromatic nitrogens is 3. The maximum absolute atomic E-state index is 12.0. The van der Waals surface area contributed by atoms with Crippen LogP contribution < -0.4 is 5.32 Å². The minimum atomic E-state index is -0.132. The summed E-state index contributed by atoms with van der Waals surface area (Å²) in [7, 11) is 1.82. The molecule has 0 radical (unpaired) electrons. The van der Waals surface area contributed by atoms with Crippen molar-refractivity contribution < 1.29 is 9.21 Å². The molecule has 124 valence electrons. The summed E-state index contributed by atoms with van der Waals surface area (Å²) in [6.07, 6.45) is 0. The van der Waals surface area contributed by atoms with Gasteiger partial charge in [-0.1, -0.05) is 23.4 Å². The molecule has 0 unspecified atom stereocenters. The van der Waals surface area contributed by atoms with Gasteiger partial charge < -0.3 is 14.3 Å². The predicted octanol–water partition coefficient (Wildman–Crippen LogP) is 4.22. The van der Waals surface area contributed by atoms with E-state index in [4.69, 9.17) is 16.0 Å². The average Bonchev–Trinajstić information content (AvgIpc) is 3.13. The largest absolute Gasteiger partial charge is 0.446 e. The number of thioether (sulfide) groups is 1. The van der Waals surface area contributed by atoms with Gasteiger partial charge in [0.15, 0.2) is 21.4 Å². The molecule has 0 spiro atoms. The Morgan fingerprint density at radius 2 is 2.04 bits per heavy atom. The van der Waals surface area contributed by atoms with Crippen molar-refractivity contribution in [3.63, 3.8) is 0 Å². The number of hydrogen-bond acceptors (Lipinski definition) is 5. The van der Waals surface area contributed by atoms with Gasteiger partial charge in [0.25, 0.3) is 0 Å². The van der Waals surface area contributed by atoms with Crippen molar-refractivity contribution in [2.24, 2.45) is 7.05 Å². The number of halogens is 2. The fourth-order valence-electron chi connectivity index (χ4n) is 1.95. The molecule has 0 aliphatic rings. The molecule has 0 bridgehead atoms. The van der Waals surface area contributed by atoms with Gasteiger partial charge in [0.2, 0.25) is 5.91 Å². The second-order valence-corrected chi connectivity index (χ2v) is 6.97. The molecule has 0 aliphatic heterocycles. The highest BCUT2D eigenvalue weighted by molar-refractivity contribution is 9.10. The summed E-state index contributed by atoms with van der Waals surface area (Å²) >= 11 is 10.4. The lowest BCUT2D eigenvalue weighted by atomic mass is 10.3. The van der Waals surface area contributed by atoms with E-state index in [1.54, 1.807) is 41.0 Å². The summed E-state index contributed by atoms with van der Waals surface area (Å²) in [5.41, 5.74) is 0.698. The highest BCUT2D eigenvalue weighted by atomic mass is 79.9. The van der Waals surface area contributed by atoms with E-state index in [1.807, 2.05) is 7.05 Å². The first kappa shape index (κ1) is 17.1. The summed E-state index contributed by atoms with van der Waals surface area (Å²) < 4.78 is 7.88. The van der Waals surface area contributed by atoms with Gasteiger partial charge in [-0.2, -0.15) is 0 Å². The first-order valence-electron chi connectivity index (χ1n) is 6.86. The topological polar surface area (TPSA) is 73.0 Å². The summed E-state index contributed by atoms with van der Waals surface area (Å²) in [5, 5.41) is 12.2. The van der Waals surface area contributed by atoms with Crippen LogP contribution in [-0.4, -0.2) is 26.4 Å². The zero-order valence-corrected chi connectivity index (χ0v) is 15.7. The number of nitrogens with one attached hydrogen (secondary N) is 1. The Hall–Kier alpha value is -1.77. The molecule has 6 nitrogen and oxygen atoms in total. The number of benzene rings is 1. The number of carbonyl (C=O) groups is 1. The molecule has 0 saturated heterocycles. The predicted molar refractivity (Wildman–Crippen MR) is 97.2 cm³/mol. The van der Waals surface area contributed by atoms with Gasteiger partial charge in [-0.3, -0.25) is 4.79 Å². The highest BCUT2D eigenvalue weighted by Gasteiger charge is 2.15. The van der Waals surface area contributed by atoms with E-state index >= 15 is 0 Å². The number of rotatable bonds is 5. The fourth-order valence-corrected chi connectivity index (χ4v) is 3.09. The number of carbonyl (C=O) groups excluding carboxylic acids is 1. The molecule has 3 aromatic rings. The summed E-state index contributed by atoms with van der Waals surface area (Å²) in [4.78, 5) is 12.0. The Labute approximate surface area is 155 Å². The number of anilines is 1. The summed E-state index contributed by atoms with van der Waals surface area (Å²) in [6.45, 7) is 0. The number of hydrogen-bond donors (Lipinski definition) is 1. The molecule has 0 fully saturated rings. The van der Waals surface area contributed by atoms with E-state index in [9.17, 15) is 4.79 Å². The molecule has 3 rings (SSSR count). The maximum Gasteiger partial charge on any atom is 0.234 e. The van der Waals surface area contributed by atoms with E-state index in [-0.39, 0.29) is 11.7 Å². The Morgan fingerprint density at radius 1 is 1.29 bits per heavy atom. The SMILES string of the molecule is Cn1c(SCC(=O)Nc2ccc(Cl)cc2)nnc1-c1ccc(Br)o1. The van der Waals surface area contributed by atoms with Gasteiger partial charge in [0.1, 0.15) is 0 Å². The lowest BCUT2D eigenvalue weighted by molar-refractivity contribution is -0.113. The molecule has 2 heterocycles. The monoisotopic (exact) mass is 426 g/mol. The Bertz CT molecular complexity index is 863. The van der Waals surface area contributed by atoms with Crippen molar-refractivity contribution in [3.05, 3.63) is 46.1 Å². The molecular formula is C15H12BrClN4O2S. The van der Waals surface area contributed by atoms with Crippen LogP contribution in [0.1, 0.15) is 0 Å². The van der Waals surface area contributed by atoms with Crippen molar-refractivity contribution in [2.75, 3.05) is 11.1 Å². The first-order chi connectivity index (χ1) is 11.5. The molecule has 1 amide bonds. The van der Waals surface area contributed by atoms with Crippen LogP contribution >= 0.6 is 39.3 Å². The standard InChI is InChI=1S/C15H12BrClN4O2S/c1-21-14(11-6-7-12(16)23-11)19-20-15(21)24-8-13(22)18-10-4-2-9(17)3-5-10/h2-7H,8H2,1H3,(H,18,22). The van der Waals surface area contributed by atoms with Gasteiger partial charge in [-0.25, -0.2) is 0 Å². The average molecular weight is 428 g/mol. The van der Waals surface area contributed by atoms with Crippen molar-refractivity contribution >= 4 is 50.9 Å². The number of nitrogens with zero attached hydrogens (tertiary/aromatic N) is 3. The van der Waals surface area contributed by atoms with Crippen LogP contribution in [0, 0.1) is 0 Å². The van der Waals surface area contributed by atoms with Crippen LogP contribution in [-0.2, 0) is 11.8 Å². The van der Waals surface area contributed by atoms with E-state index in [2.05, 4.69) is 31.4 Å². The molecule has 9 heteroatoms. The second kappa shape index (κ2) is 7.42. The normalized spacial score (nSPS) is 10.8. The van der Waals surface area contributed by atoms with Crippen LogP contribution in [0.5, 0.6) is 0 Å².